The van der Waals surface area contributed by atoms with Crippen LogP contribution in [0.2, 0.25) is 0 Å². The second kappa shape index (κ2) is 11.5. The molecule has 1 aromatic rings. The maximum Gasteiger partial charge on any atom is 0.264 e. The lowest BCUT2D eigenvalue weighted by Crippen LogP contribution is -2.51. The van der Waals surface area contributed by atoms with Crippen molar-refractivity contribution in [1.82, 2.24) is 15.3 Å². The number of carbonyl (C=O) groups excluding carboxylic acids is 1. The molecule has 0 aromatic heterocycles. The summed E-state index contributed by atoms with van der Waals surface area (Å²) in [6, 6.07) is 8.43. The number of likely N-dealkylation sites (tertiary alicyclic amines) is 1. The van der Waals surface area contributed by atoms with Gasteiger partial charge in [-0.05, 0) is 62.4 Å². The minimum Gasteiger partial charge on any atom is -0.395 e. The molecule has 2 atom stereocenters. The molecule has 0 saturated carbocycles. The third-order valence-corrected chi connectivity index (χ3v) is 9.11. The number of hydrogen-bond acceptors (Lipinski definition) is 7. The monoisotopic (exact) mass is 489 g/mol. The summed E-state index contributed by atoms with van der Waals surface area (Å²) in [5.41, 5.74) is 4.83. The molecular formula is C25H35N3O5S. The Hall–Kier alpha value is -2.22. The van der Waals surface area contributed by atoms with Crippen LogP contribution in [0.1, 0.15) is 43.7 Å². The fourth-order valence-electron chi connectivity index (χ4n) is 4.45. The van der Waals surface area contributed by atoms with Crippen LogP contribution in [0.4, 0.5) is 0 Å². The highest BCUT2D eigenvalue weighted by atomic mass is 32.2. The van der Waals surface area contributed by atoms with Gasteiger partial charge in [0, 0.05) is 37.5 Å². The molecule has 3 rings (SSSR count). The summed E-state index contributed by atoms with van der Waals surface area (Å²) >= 11 is 0. The van der Waals surface area contributed by atoms with E-state index in [9.17, 15) is 18.3 Å². The Balaban J connectivity index is 1.54. The lowest BCUT2D eigenvalue weighted by Gasteiger charge is -2.31. The van der Waals surface area contributed by atoms with Crippen molar-refractivity contribution in [3.8, 4) is 11.8 Å². The Morgan fingerprint density at radius 3 is 2.59 bits per heavy atom. The molecule has 1 amide bonds. The summed E-state index contributed by atoms with van der Waals surface area (Å²) in [5, 5.41) is 18.4. The standard InChI is InChI=1S/C25H35N3O5S/c1-25(24(30)26-31,34(2,32)33)13-18-27-16-11-22(12-17-27)21-9-7-20(8-10-21)5-3-14-28-15-4-6-23(28)19-29/h7-11,23,29,31H,4,6,12-19H2,1-2H3,(H,26,30)/t23-,25?/m0/s1. The molecule has 2 aliphatic rings. The number of hydrogen-bond donors (Lipinski definition) is 3. The maximum atomic E-state index is 12.1. The SMILES string of the molecule is CC(CCN1CC=C(c2ccc(C#CCN3CCC[C@H]3CO)cc2)CC1)(C(=O)NO)S(C)(=O)=O. The second-order valence-corrected chi connectivity index (χ2v) is 11.7. The summed E-state index contributed by atoms with van der Waals surface area (Å²) in [7, 11) is -3.69. The van der Waals surface area contributed by atoms with Crippen LogP contribution in [0.25, 0.3) is 5.57 Å². The van der Waals surface area contributed by atoms with E-state index in [0.29, 0.717) is 19.6 Å². The molecule has 1 aromatic carbocycles. The molecule has 2 heterocycles. The zero-order valence-electron chi connectivity index (χ0n) is 20.0. The van der Waals surface area contributed by atoms with Crippen LogP contribution in [0, 0.1) is 11.8 Å². The van der Waals surface area contributed by atoms with Crippen LogP contribution in [-0.4, -0.2) is 90.8 Å². The first kappa shape index (κ1) is 26.4. The van der Waals surface area contributed by atoms with Crippen molar-refractivity contribution in [2.45, 2.75) is 43.4 Å². The molecule has 8 nitrogen and oxygen atoms in total. The van der Waals surface area contributed by atoms with Crippen LogP contribution in [0.15, 0.2) is 30.3 Å². The zero-order valence-corrected chi connectivity index (χ0v) is 20.8. The van der Waals surface area contributed by atoms with Gasteiger partial charge in [-0.15, -0.1) is 0 Å². The minimum atomic E-state index is -3.69. The van der Waals surface area contributed by atoms with E-state index >= 15 is 0 Å². The van der Waals surface area contributed by atoms with Crippen LogP contribution in [0.5, 0.6) is 0 Å². The van der Waals surface area contributed by atoms with Gasteiger partial charge in [-0.1, -0.05) is 30.0 Å². The van der Waals surface area contributed by atoms with E-state index in [4.69, 9.17) is 5.21 Å². The average molecular weight is 490 g/mol. The topological polar surface area (TPSA) is 110 Å². The van der Waals surface area contributed by atoms with Gasteiger partial charge in [0.1, 0.15) is 0 Å². The molecule has 1 fully saturated rings. The highest BCUT2D eigenvalue weighted by Gasteiger charge is 2.43. The first-order valence-corrected chi connectivity index (χ1v) is 13.6. The highest BCUT2D eigenvalue weighted by Crippen LogP contribution is 2.26. The second-order valence-electron chi connectivity index (χ2n) is 9.30. The lowest BCUT2D eigenvalue weighted by molar-refractivity contribution is -0.131. The molecule has 3 N–H and O–H groups in total. The molecule has 0 bridgehead atoms. The number of nitrogens with one attached hydrogen (secondary N) is 1. The number of hydroxylamine groups is 1. The Bertz CT molecular complexity index is 1060. The van der Waals surface area contributed by atoms with Gasteiger partial charge in [0.25, 0.3) is 5.91 Å². The van der Waals surface area contributed by atoms with E-state index in [2.05, 4.69) is 39.8 Å². The van der Waals surface area contributed by atoms with Crippen molar-refractivity contribution in [1.29, 1.82) is 0 Å². The largest absolute Gasteiger partial charge is 0.395 e. The molecular weight excluding hydrogens is 454 g/mol. The molecule has 1 unspecified atom stereocenters. The molecule has 186 valence electrons. The first-order valence-electron chi connectivity index (χ1n) is 11.7. The summed E-state index contributed by atoms with van der Waals surface area (Å²) in [5.74, 6) is 5.53. The van der Waals surface area contributed by atoms with Gasteiger partial charge in [0.05, 0.1) is 13.2 Å². The normalized spacial score (nSPS) is 21.3. The molecule has 0 spiro atoms. The van der Waals surface area contributed by atoms with Gasteiger partial charge >= 0.3 is 0 Å². The van der Waals surface area contributed by atoms with Gasteiger partial charge < -0.3 is 5.11 Å². The Morgan fingerprint density at radius 1 is 1.26 bits per heavy atom. The van der Waals surface area contributed by atoms with Crippen molar-refractivity contribution in [3.05, 3.63) is 41.5 Å². The summed E-state index contributed by atoms with van der Waals surface area (Å²) in [6.45, 7) is 5.06. The smallest absolute Gasteiger partial charge is 0.264 e. The number of rotatable bonds is 8. The number of nitrogens with zero attached hydrogens (tertiary/aromatic N) is 2. The fourth-order valence-corrected chi connectivity index (χ4v) is 5.30. The van der Waals surface area contributed by atoms with Crippen molar-refractivity contribution in [2.24, 2.45) is 0 Å². The van der Waals surface area contributed by atoms with Gasteiger partial charge in [0.15, 0.2) is 14.6 Å². The van der Waals surface area contributed by atoms with E-state index in [1.807, 2.05) is 12.1 Å². The molecule has 2 aliphatic heterocycles. The number of aliphatic hydroxyl groups is 1. The van der Waals surface area contributed by atoms with Crippen molar-refractivity contribution in [3.63, 3.8) is 0 Å². The zero-order chi connectivity index (χ0) is 24.8. The molecule has 0 aliphatic carbocycles. The van der Waals surface area contributed by atoms with Crippen molar-refractivity contribution in [2.75, 3.05) is 45.6 Å². The summed E-state index contributed by atoms with van der Waals surface area (Å²) < 4.78 is 22.6. The Labute approximate surface area is 202 Å². The van der Waals surface area contributed by atoms with Gasteiger partial charge in [-0.2, -0.15) is 0 Å². The Morgan fingerprint density at radius 2 is 2.00 bits per heavy atom. The molecule has 0 radical (unpaired) electrons. The molecule has 1 saturated heterocycles. The molecule has 9 heteroatoms. The van der Waals surface area contributed by atoms with E-state index < -0.39 is 20.5 Å². The van der Waals surface area contributed by atoms with Gasteiger partial charge in [-0.3, -0.25) is 19.8 Å². The maximum absolute atomic E-state index is 12.1. The van der Waals surface area contributed by atoms with Gasteiger partial charge in [-0.25, -0.2) is 13.9 Å². The quantitative estimate of drug-likeness (QED) is 0.287. The van der Waals surface area contributed by atoms with Crippen LogP contribution >= 0.6 is 0 Å². The lowest BCUT2D eigenvalue weighted by atomic mass is 9.98. The van der Waals surface area contributed by atoms with Gasteiger partial charge in [0.2, 0.25) is 0 Å². The number of carbonyl (C=O) groups is 1. The van der Waals surface area contributed by atoms with E-state index in [0.717, 1.165) is 49.7 Å². The predicted molar refractivity (Wildman–Crippen MR) is 132 cm³/mol. The summed E-state index contributed by atoms with van der Waals surface area (Å²) in [4.78, 5) is 16.3. The minimum absolute atomic E-state index is 0.102. The van der Waals surface area contributed by atoms with E-state index in [-0.39, 0.29) is 19.1 Å². The van der Waals surface area contributed by atoms with E-state index in [1.54, 1.807) is 0 Å². The number of aliphatic hydroxyl groups excluding tert-OH is 1. The third-order valence-electron chi connectivity index (χ3n) is 7.08. The predicted octanol–water partition coefficient (Wildman–Crippen LogP) is 1.28. The first-order chi connectivity index (χ1) is 16.2. The average Bonchev–Trinajstić information content (AvgIpc) is 3.29. The highest BCUT2D eigenvalue weighted by molar-refractivity contribution is 7.92. The number of benzene rings is 1. The molecule has 34 heavy (non-hydrogen) atoms. The third kappa shape index (κ3) is 6.26. The number of amides is 1. The fraction of sp³-hybridized carbons (Fsp3) is 0.560. The van der Waals surface area contributed by atoms with E-state index in [1.165, 1.54) is 18.0 Å². The van der Waals surface area contributed by atoms with Crippen LogP contribution in [0.3, 0.4) is 0 Å². The Kier molecular flexibility index (Phi) is 8.90. The summed E-state index contributed by atoms with van der Waals surface area (Å²) in [6.07, 6.45) is 6.23. The van der Waals surface area contributed by atoms with Crippen molar-refractivity contribution < 1.29 is 23.5 Å². The number of sulfone groups is 1. The van der Waals surface area contributed by atoms with Crippen LogP contribution in [-0.2, 0) is 14.6 Å². The van der Waals surface area contributed by atoms with Crippen LogP contribution < -0.4 is 5.48 Å². The van der Waals surface area contributed by atoms with Crippen molar-refractivity contribution >= 4 is 21.3 Å².